The van der Waals surface area contributed by atoms with Crippen molar-refractivity contribution >= 4 is 47.1 Å². The van der Waals surface area contributed by atoms with Gasteiger partial charge in [0.2, 0.25) is 5.91 Å². The maximum absolute atomic E-state index is 13.5. The van der Waals surface area contributed by atoms with Gasteiger partial charge in [-0.25, -0.2) is 4.98 Å². The lowest BCUT2D eigenvalue weighted by molar-refractivity contribution is -0.116. The van der Waals surface area contributed by atoms with Crippen molar-refractivity contribution in [2.24, 2.45) is 0 Å². The average molecular weight is 615 g/mol. The van der Waals surface area contributed by atoms with Gasteiger partial charge in [0.15, 0.2) is 0 Å². The summed E-state index contributed by atoms with van der Waals surface area (Å²) in [7, 11) is 1.56. The zero-order valence-electron chi connectivity index (χ0n) is 24.3. The lowest BCUT2D eigenvalue weighted by Gasteiger charge is -2.17. The summed E-state index contributed by atoms with van der Waals surface area (Å²) in [6, 6.07) is 37.8. The Bertz CT molecular complexity index is 1780. The predicted molar refractivity (Wildman–Crippen MR) is 178 cm³/mol. The predicted octanol–water partition coefficient (Wildman–Crippen LogP) is 6.97. The molecule has 0 saturated heterocycles. The minimum absolute atomic E-state index is 0.0610. The summed E-state index contributed by atoms with van der Waals surface area (Å²) in [5.41, 5.74) is 2.52. The number of nitrogens with zero attached hydrogens (tertiary/aromatic N) is 1. The molecule has 0 aliphatic carbocycles. The van der Waals surface area contributed by atoms with Crippen LogP contribution in [0.25, 0.3) is 6.08 Å². The number of benzene rings is 4. The Morgan fingerprint density at radius 2 is 1.49 bits per heavy atom. The minimum atomic E-state index is -0.542. The zero-order chi connectivity index (χ0) is 31.4. The van der Waals surface area contributed by atoms with Crippen LogP contribution in [0, 0.1) is 0 Å². The van der Waals surface area contributed by atoms with Crippen molar-refractivity contribution in [1.29, 1.82) is 0 Å². The molecule has 1 atom stereocenters. The van der Waals surface area contributed by atoms with Crippen LogP contribution in [0.15, 0.2) is 144 Å². The highest BCUT2D eigenvalue weighted by molar-refractivity contribution is 8.00. The number of thioether (sulfide) groups is 1. The molecule has 0 bridgehead atoms. The summed E-state index contributed by atoms with van der Waals surface area (Å²) in [4.78, 5) is 44.8. The molecule has 1 heterocycles. The Kier molecular flexibility index (Phi) is 10.4. The van der Waals surface area contributed by atoms with Crippen molar-refractivity contribution in [2.75, 3.05) is 17.7 Å². The quantitative estimate of drug-likeness (QED) is 0.110. The van der Waals surface area contributed by atoms with E-state index in [0.717, 1.165) is 10.5 Å². The van der Waals surface area contributed by atoms with E-state index in [4.69, 9.17) is 4.74 Å². The van der Waals surface area contributed by atoms with Crippen molar-refractivity contribution in [3.8, 4) is 5.75 Å². The molecule has 45 heavy (non-hydrogen) atoms. The Hall–Kier alpha value is -5.67. The molecule has 224 valence electrons. The highest BCUT2D eigenvalue weighted by Crippen LogP contribution is 2.36. The van der Waals surface area contributed by atoms with Crippen LogP contribution in [-0.4, -0.2) is 29.8 Å². The molecule has 8 nitrogen and oxygen atoms in total. The molecule has 4 aromatic carbocycles. The molecule has 1 unspecified atom stereocenters. The van der Waals surface area contributed by atoms with Crippen molar-refractivity contribution in [3.05, 3.63) is 156 Å². The fourth-order valence-corrected chi connectivity index (χ4v) is 5.35. The maximum atomic E-state index is 13.5. The molecule has 3 amide bonds. The number of carbonyl (C=O) groups excluding carboxylic acids is 3. The normalized spacial score (nSPS) is 11.6. The zero-order valence-corrected chi connectivity index (χ0v) is 25.2. The summed E-state index contributed by atoms with van der Waals surface area (Å²) in [5.74, 6) is -0.0292. The van der Waals surface area contributed by atoms with Crippen LogP contribution in [-0.2, 0) is 9.59 Å². The van der Waals surface area contributed by atoms with E-state index in [1.165, 1.54) is 11.8 Å². The lowest BCUT2D eigenvalue weighted by atomic mass is 10.1. The summed E-state index contributed by atoms with van der Waals surface area (Å²) >= 11 is 1.38. The van der Waals surface area contributed by atoms with E-state index in [9.17, 15) is 14.4 Å². The first-order valence-electron chi connectivity index (χ1n) is 14.1. The Morgan fingerprint density at radius 3 is 2.18 bits per heavy atom. The molecule has 0 radical (unpaired) electrons. The third kappa shape index (κ3) is 8.68. The molecule has 1 aromatic heterocycles. The van der Waals surface area contributed by atoms with Gasteiger partial charge >= 0.3 is 0 Å². The third-order valence-corrected chi connectivity index (χ3v) is 7.82. The number of aromatic nitrogens is 1. The number of amides is 3. The van der Waals surface area contributed by atoms with Crippen LogP contribution in [0.2, 0.25) is 0 Å². The van der Waals surface area contributed by atoms with Crippen LogP contribution in [0.4, 0.5) is 11.5 Å². The van der Waals surface area contributed by atoms with Gasteiger partial charge in [0.25, 0.3) is 11.8 Å². The van der Waals surface area contributed by atoms with Gasteiger partial charge in [-0.1, -0.05) is 66.7 Å². The fourth-order valence-electron chi connectivity index (χ4n) is 4.32. The maximum Gasteiger partial charge on any atom is 0.272 e. The lowest BCUT2D eigenvalue weighted by Crippen LogP contribution is -2.30. The monoisotopic (exact) mass is 614 g/mol. The number of ether oxygens (including phenoxy) is 1. The summed E-state index contributed by atoms with van der Waals surface area (Å²) in [6.07, 6.45) is 3.21. The summed E-state index contributed by atoms with van der Waals surface area (Å²) in [5, 5.41) is 7.95. The van der Waals surface area contributed by atoms with Crippen LogP contribution in [0.1, 0.15) is 26.7 Å². The van der Waals surface area contributed by atoms with Gasteiger partial charge in [-0.3, -0.25) is 14.4 Å². The number of anilines is 2. The molecule has 0 aliphatic heterocycles. The first-order chi connectivity index (χ1) is 22.0. The molecular weight excluding hydrogens is 584 g/mol. The molecule has 0 aliphatic rings. The minimum Gasteiger partial charge on any atom is -0.497 e. The second kappa shape index (κ2) is 15.2. The van der Waals surface area contributed by atoms with Gasteiger partial charge < -0.3 is 20.7 Å². The average Bonchev–Trinajstić information content (AvgIpc) is 3.08. The van der Waals surface area contributed by atoms with Crippen molar-refractivity contribution in [1.82, 2.24) is 10.3 Å². The topological polar surface area (TPSA) is 109 Å². The van der Waals surface area contributed by atoms with E-state index in [0.29, 0.717) is 28.4 Å². The molecule has 9 heteroatoms. The first kappa shape index (κ1) is 30.8. The van der Waals surface area contributed by atoms with Crippen molar-refractivity contribution < 1.29 is 19.1 Å². The summed E-state index contributed by atoms with van der Waals surface area (Å²) < 4.78 is 5.31. The second-order valence-electron chi connectivity index (χ2n) is 9.75. The number of methoxy groups -OCH3 is 1. The van der Waals surface area contributed by atoms with Crippen molar-refractivity contribution in [3.63, 3.8) is 0 Å². The molecule has 0 fully saturated rings. The number of rotatable bonds is 11. The van der Waals surface area contributed by atoms with Gasteiger partial charge in [-0.2, -0.15) is 0 Å². The molecule has 0 saturated carbocycles. The van der Waals surface area contributed by atoms with Gasteiger partial charge in [0.05, 0.1) is 7.11 Å². The van der Waals surface area contributed by atoms with E-state index in [1.807, 2.05) is 60.7 Å². The largest absolute Gasteiger partial charge is 0.497 e. The Balaban J connectivity index is 1.33. The van der Waals surface area contributed by atoms with E-state index < -0.39 is 17.1 Å². The summed E-state index contributed by atoms with van der Waals surface area (Å²) in [6.45, 7) is 0. The van der Waals surface area contributed by atoms with Gasteiger partial charge in [-0.15, -0.1) is 11.8 Å². The SMILES string of the molecule is COc1cccc(/C=C(\NC(=O)c2ccccc2)C(=O)Nc2ccc(SC(C(=O)Nc3ccccn3)c3ccccc3)cc2)c1. The molecule has 5 aromatic rings. The van der Waals surface area contributed by atoms with Crippen LogP contribution >= 0.6 is 11.8 Å². The van der Waals surface area contributed by atoms with Gasteiger partial charge in [0.1, 0.15) is 22.5 Å². The van der Waals surface area contributed by atoms with Crippen LogP contribution < -0.4 is 20.7 Å². The highest BCUT2D eigenvalue weighted by atomic mass is 32.2. The molecule has 3 N–H and O–H groups in total. The second-order valence-corrected chi connectivity index (χ2v) is 10.9. The van der Waals surface area contributed by atoms with Gasteiger partial charge in [0, 0.05) is 22.3 Å². The molecule has 5 rings (SSSR count). The smallest absolute Gasteiger partial charge is 0.272 e. The first-order valence-corrected chi connectivity index (χ1v) is 14.9. The number of pyridine rings is 1. The number of carbonyl (C=O) groups is 3. The van der Waals surface area contributed by atoms with Crippen LogP contribution in [0.5, 0.6) is 5.75 Å². The fraction of sp³-hybridized carbons (Fsp3) is 0.0556. The number of hydrogen-bond donors (Lipinski definition) is 3. The molecular formula is C36H30N4O4S. The van der Waals surface area contributed by atoms with Crippen molar-refractivity contribution in [2.45, 2.75) is 10.1 Å². The van der Waals surface area contributed by atoms with E-state index in [2.05, 4.69) is 20.9 Å². The third-order valence-electron chi connectivity index (χ3n) is 6.56. The highest BCUT2D eigenvalue weighted by Gasteiger charge is 2.23. The number of nitrogens with one attached hydrogen (secondary N) is 3. The molecule has 0 spiro atoms. The van der Waals surface area contributed by atoms with Gasteiger partial charge in [-0.05, 0) is 77.9 Å². The van der Waals surface area contributed by atoms with E-state index >= 15 is 0 Å². The standard InChI is InChI=1S/C36H30N4O4S/c1-44-29-16-10-11-25(23-29)24-31(39-34(41)27-14-6-3-7-15-27)35(42)38-28-18-20-30(21-19-28)45-33(26-12-4-2-5-13-26)36(43)40-32-17-8-9-22-37-32/h2-24,33H,1H3,(H,38,42)(H,39,41)(H,37,40,43)/b31-24-. The van der Waals surface area contributed by atoms with E-state index in [-0.39, 0.29) is 11.6 Å². The Labute approximate surface area is 265 Å². The van der Waals surface area contributed by atoms with E-state index in [1.54, 1.807) is 86.1 Å². The number of hydrogen-bond acceptors (Lipinski definition) is 6. The van der Waals surface area contributed by atoms with Crippen LogP contribution in [0.3, 0.4) is 0 Å². The Morgan fingerprint density at radius 1 is 0.778 bits per heavy atom.